The molecule has 2 aliphatic rings. The Hall–Kier alpha value is -4.63. The highest BCUT2D eigenvalue weighted by molar-refractivity contribution is 6.35. The SMILES string of the molecule is C#Cc1ccc(-c2ccc(Cl)c3cnn(C)c23)c([C@@H](CC(=O)Cn2nc(C(F)F)c3c2C(F)(F)[C@@H]2C[C@H]32)Cc2cc(F)cc(F)c2)n1. The lowest BCUT2D eigenvalue weighted by atomic mass is 9.86. The maximum Gasteiger partial charge on any atom is 0.293 e. The van der Waals surface area contributed by atoms with Crippen molar-refractivity contribution in [2.45, 2.75) is 50.0 Å². The van der Waals surface area contributed by atoms with Gasteiger partial charge >= 0.3 is 0 Å². The van der Waals surface area contributed by atoms with Crippen molar-refractivity contribution in [1.29, 1.82) is 0 Å². The number of Topliss-reactive ketones (excluding diaryl/α,β-unsaturated/α-hetero) is 1. The minimum Gasteiger partial charge on any atom is -0.298 e. The van der Waals surface area contributed by atoms with Crippen LogP contribution in [0, 0.1) is 29.9 Å². The van der Waals surface area contributed by atoms with E-state index in [1.807, 2.05) is 0 Å². The molecule has 0 aliphatic heterocycles. The van der Waals surface area contributed by atoms with Crippen molar-refractivity contribution in [3.63, 3.8) is 0 Å². The van der Waals surface area contributed by atoms with Crippen LogP contribution in [0.4, 0.5) is 26.3 Å². The number of aromatic nitrogens is 5. The third-order valence-corrected chi connectivity index (χ3v) is 9.30. The Morgan fingerprint density at radius 1 is 1.11 bits per heavy atom. The molecule has 1 fully saturated rings. The lowest BCUT2D eigenvalue weighted by molar-refractivity contribution is -0.120. The number of rotatable bonds is 9. The Kier molecular flexibility index (Phi) is 7.43. The van der Waals surface area contributed by atoms with E-state index in [-0.39, 0.29) is 36.1 Å². The molecule has 3 atom stereocenters. The summed E-state index contributed by atoms with van der Waals surface area (Å²) < 4.78 is 89.0. The summed E-state index contributed by atoms with van der Waals surface area (Å²) in [7, 11) is 1.72. The highest BCUT2D eigenvalue weighted by atomic mass is 35.5. The molecule has 0 unspecified atom stereocenters. The number of ketones is 1. The number of alkyl halides is 4. The van der Waals surface area contributed by atoms with Crippen LogP contribution >= 0.6 is 11.6 Å². The van der Waals surface area contributed by atoms with Gasteiger partial charge in [0.15, 0.2) is 5.78 Å². The standard InChI is InChI=1S/C34H24ClF6N5O/c1-3-20-4-5-22(23-6-7-27(35)25-14-42-45(2)31(23)25)29(43-20)17(8-16-9-18(36)12-19(37)10-16)11-21(47)15-46-32-28(30(44-46)33(38)39)24-13-26(24)34(32,40)41/h1,4-7,9-10,12,14,17,24,26,33H,8,11,13,15H2,2H3/t17-,24+,26-/m1/s1. The van der Waals surface area contributed by atoms with Crippen molar-refractivity contribution in [3.8, 4) is 23.5 Å². The first-order valence-corrected chi connectivity index (χ1v) is 15.1. The molecule has 47 heavy (non-hydrogen) atoms. The molecule has 1 saturated carbocycles. The van der Waals surface area contributed by atoms with E-state index in [0.29, 0.717) is 43.5 Å². The normalized spacial score (nSPS) is 18.3. The summed E-state index contributed by atoms with van der Waals surface area (Å²) in [5.74, 6) is -5.94. The third-order valence-electron chi connectivity index (χ3n) is 8.97. The summed E-state index contributed by atoms with van der Waals surface area (Å²) >= 11 is 6.44. The highest BCUT2D eigenvalue weighted by Crippen LogP contribution is 2.68. The monoisotopic (exact) mass is 667 g/mol. The molecule has 0 bridgehead atoms. The first-order valence-electron chi connectivity index (χ1n) is 14.7. The topological polar surface area (TPSA) is 65.6 Å². The van der Waals surface area contributed by atoms with Gasteiger partial charge in [-0.3, -0.25) is 14.2 Å². The largest absolute Gasteiger partial charge is 0.298 e. The first kappa shape index (κ1) is 31.0. The van der Waals surface area contributed by atoms with E-state index in [2.05, 4.69) is 21.1 Å². The molecule has 13 heteroatoms. The van der Waals surface area contributed by atoms with Crippen molar-refractivity contribution < 1.29 is 31.1 Å². The molecule has 3 heterocycles. The molecular weight excluding hydrogens is 644 g/mol. The number of aryl methyl sites for hydroxylation is 1. The molecule has 6 nitrogen and oxygen atoms in total. The van der Waals surface area contributed by atoms with Gasteiger partial charge in [0, 0.05) is 53.4 Å². The zero-order valence-corrected chi connectivity index (χ0v) is 25.4. The number of carbonyl (C=O) groups is 1. The lowest BCUT2D eigenvalue weighted by Gasteiger charge is -2.21. The van der Waals surface area contributed by atoms with Crippen LogP contribution in [-0.2, 0) is 30.7 Å². The first-order chi connectivity index (χ1) is 22.4. The molecule has 240 valence electrons. The van der Waals surface area contributed by atoms with Crippen molar-refractivity contribution in [2.24, 2.45) is 13.0 Å². The molecular formula is C34H24ClF6N5O. The number of pyridine rings is 1. The summed E-state index contributed by atoms with van der Waals surface area (Å²) in [6, 6.07) is 9.68. The van der Waals surface area contributed by atoms with Gasteiger partial charge in [-0.1, -0.05) is 23.6 Å². The van der Waals surface area contributed by atoms with Crippen molar-refractivity contribution >= 4 is 28.3 Å². The number of fused-ring (bicyclic) bond motifs is 4. The summed E-state index contributed by atoms with van der Waals surface area (Å²) in [5.41, 5.74) is 0.941. The minimum atomic E-state index is -3.40. The highest BCUT2D eigenvalue weighted by Gasteiger charge is 2.67. The number of hydrogen-bond donors (Lipinski definition) is 0. The number of nitrogens with zero attached hydrogens (tertiary/aromatic N) is 5. The Balaban J connectivity index is 1.32. The Labute approximate surface area is 269 Å². The Morgan fingerprint density at radius 3 is 2.53 bits per heavy atom. The van der Waals surface area contributed by atoms with Crippen LogP contribution in [0.25, 0.3) is 22.0 Å². The van der Waals surface area contributed by atoms with Crippen molar-refractivity contribution in [3.05, 3.63) is 99.2 Å². The maximum absolute atomic E-state index is 15.2. The summed E-state index contributed by atoms with van der Waals surface area (Å²) in [5, 5.41) is 9.17. The van der Waals surface area contributed by atoms with E-state index in [1.54, 1.807) is 42.2 Å². The number of carbonyl (C=O) groups excluding carboxylic acids is 1. The second kappa shape index (κ2) is 11.3. The average molecular weight is 668 g/mol. The average Bonchev–Trinajstić information content (AvgIpc) is 3.50. The predicted molar refractivity (Wildman–Crippen MR) is 161 cm³/mol. The molecule has 0 radical (unpaired) electrons. The van der Waals surface area contributed by atoms with E-state index >= 15 is 8.78 Å². The molecule has 0 amide bonds. The van der Waals surface area contributed by atoms with Gasteiger partial charge < -0.3 is 0 Å². The number of benzene rings is 2. The molecule has 0 spiro atoms. The molecule has 7 rings (SSSR count). The van der Waals surface area contributed by atoms with E-state index in [9.17, 15) is 22.4 Å². The van der Waals surface area contributed by atoms with Gasteiger partial charge in [-0.2, -0.15) is 19.0 Å². The van der Waals surface area contributed by atoms with E-state index in [0.717, 1.165) is 12.1 Å². The predicted octanol–water partition coefficient (Wildman–Crippen LogP) is 7.88. The molecule has 3 aromatic heterocycles. The summed E-state index contributed by atoms with van der Waals surface area (Å²) in [6.45, 7) is -0.713. The van der Waals surface area contributed by atoms with Crippen LogP contribution < -0.4 is 0 Å². The van der Waals surface area contributed by atoms with Crippen LogP contribution in [0.5, 0.6) is 0 Å². The second-order valence-electron chi connectivity index (χ2n) is 12.0. The van der Waals surface area contributed by atoms with E-state index < -0.39 is 65.5 Å². The van der Waals surface area contributed by atoms with Crippen LogP contribution in [0.3, 0.4) is 0 Å². The number of hydrogen-bond acceptors (Lipinski definition) is 4. The van der Waals surface area contributed by atoms with Gasteiger partial charge in [0.25, 0.3) is 12.3 Å². The van der Waals surface area contributed by atoms with Crippen LogP contribution in [0.1, 0.15) is 65.0 Å². The Bertz CT molecular complexity index is 2110. The maximum atomic E-state index is 15.2. The number of terminal acetylenes is 1. The second-order valence-corrected chi connectivity index (χ2v) is 12.4. The summed E-state index contributed by atoms with van der Waals surface area (Å²) in [4.78, 5) is 18.4. The molecule has 0 N–H and O–H groups in total. The van der Waals surface area contributed by atoms with E-state index in [4.69, 9.17) is 18.0 Å². The zero-order valence-electron chi connectivity index (χ0n) is 24.6. The quantitative estimate of drug-likeness (QED) is 0.119. The van der Waals surface area contributed by atoms with Crippen LogP contribution in [-0.4, -0.2) is 30.3 Å². The zero-order chi connectivity index (χ0) is 33.4. The fraction of sp³-hybridized carbons (Fsp3) is 0.294. The van der Waals surface area contributed by atoms with Gasteiger partial charge in [-0.05, 0) is 54.7 Å². The van der Waals surface area contributed by atoms with Gasteiger partial charge in [0.1, 0.15) is 35.3 Å². The van der Waals surface area contributed by atoms with Gasteiger partial charge in [0.05, 0.1) is 22.4 Å². The van der Waals surface area contributed by atoms with Crippen molar-refractivity contribution in [2.75, 3.05) is 0 Å². The fourth-order valence-electron chi connectivity index (χ4n) is 6.93. The summed E-state index contributed by atoms with van der Waals surface area (Å²) in [6.07, 6.45) is 3.80. The Morgan fingerprint density at radius 2 is 1.83 bits per heavy atom. The third kappa shape index (κ3) is 5.26. The van der Waals surface area contributed by atoms with Crippen LogP contribution in [0.2, 0.25) is 5.02 Å². The molecule has 5 aromatic rings. The molecule has 2 aromatic carbocycles. The van der Waals surface area contributed by atoms with Gasteiger partial charge in [-0.25, -0.2) is 22.5 Å². The van der Waals surface area contributed by atoms with Gasteiger partial charge in [0.2, 0.25) is 0 Å². The van der Waals surface area contributed by atoms with Crippen molar-refractivity contribution in [1.82, 2.24) is 24.5 Å². The van der Waals surface area contributed by atoms with E-state index in [1.165, 1.54) is 0 Å². The fourth-order valence-corrected chi connectivity index (χ4v) is 7.13. The number of halogens is 7. The van der Waals surface area contributed by atoms with Gasteiger partial charge in [-0.15, -0.1) is 6.42 Å². The lowest BCUT2D eigenvalue weighted by Crippen LogP contribution is -2.24. The van der Waals surface area contributed by atoms with Crippen LogP contribution in [0.15, 0.2) is 48.7 Å². The molecule has 2 aliphatic carbocycles. The molecule has 0 saturated heterocycles. The smallest absolute Gasteiger partial charge is 0.293 e. The minimum absolute atomic E-state index is 0.0836.